The van der Waals surface area contributed by atoms with Crippen LogP contribution in [0.1, 0.15) is 60.6 Å². The summed E-state index contributed by atoms with van der Waals surface area (Å²) in [5.41, 5.74) is 1.82. The first-order valence-electron chi connectivity index (χ1n) is 9.38. The van der Waals surface area contributed by atoms with Crippen molar-refractivity contribution in [3.8, 4) is 0 Å². The zero-order valence-corrected chi connectivity index (χ0v) is 14.5. The predicted molar refractivity (Wildman–Crippen MR) is 90.9 cm³/mol. The maximum atomic E-state index is 12.7. The smallest absolute Gasteiger partial charge is 0.228 e. The van der Waals surface area contributed by atoms with Crippen molar-refractivity contribution in [2.45, 2.75) is 50.9 Å². The van der Waals surface area contributed by atoms with Gasteiger partial charge in [-0.05, 0) is 50.5 Å². The summed E-state index contributed by atoms with van der Waals surface area (Å²) in [6.07, 6.45) is 5.36. The number of rotatable bonds is 5. The number of nitrogens with one attached hydrogen (secondary N) is 2. The van der Waals surface area contributed by atoms with Crippen LogP contribution in [-0.4, -0.2) is 49.3 Å². The molecule has 7 heteroatoms. The van der Waals surface area contributed by atoms with Crippen LogP contribution < -0.4 is 0 Å². The summed E-state index contributed by atoms with van der Waals surface area (Å²) < 4.78 is 0. The lowest BCUT2D eigenvalue weighted by Crippen LogP contribution is -2.30. The van der Waals surface area contributed by atoms with Gasteiger partial charge >= 0.3 is 0 Å². The van der Waals surface area contributed by atoms with Gasteiger partial charge in [-0.2, -0.15) is 10.2 Å². The van der Waals surface area contributed by atoms with Gasteiger partial charge in [0.05, 0.1) is 12.1 Å². The number of aromatic amines is 2. The average molecular weight is 340 g/mol. The lowest BCUT2D eigenvalue weighted by atomic mass is 9.91. The first kappa shape index (κ1) is 15.1. The number of nitrogens with zero attached hydrogens (tertiary/aromatic N) is 4. The van der Waals surface area contributed by atoms with Crippen molar-refractivity contribution >= 4 is 5.91 Å². The summed E-state index contributed by atoms with van der Waals surface area (Å²) in [6, 6.07) is 1.95. The molecule has 7 nitrogen and oxygen atoms in total. The maximum absolute atomic E-state index is 12.7. The van der Waals surface area contributed by atoms with Crippen LogP contribution in [-0.2, 0) is 11.2 Å². The molecule has 3 heterocycles. The number of likely N-dealkylation sites (tertiary alicyclic amines) is 1. The molecule has 1 aliphatic heterocycles. The van der Waals surface area contributed by atoms with Gasteiger partial charge in [0.2, 0.25) is 5.91 Å². The van der Waals surface area contributed by atoms with Crippen molar-refractivity contribution in [1.82, 2.24) is 30.3 Å². The third-order valence-electron chi connectivity index (χ3n) is 5.85. The van der Waals surface area contributed by atoms with Crippen LogP contribution in [0.25, 0.3) is 0 Å². The minimum atomic E-state index is 0.168. The quantitative estimate of drug-likeness (QED) is 0.870. The zero-order valence-electron chi connectivity index (χ0n) is 14.5. The first-order chi connectivity index (χ1) is 12.2. The number of carbonyl (C=O) groups is 1. The Labute approximate surface area is 146 Å². The van der Waals surface area contributed by atoms with E-state index >= 15 is 0 Å². The van der Waals surface area contributed by atoms with Gasteiger partial charge in [-0.1, -0.05) is 0 Å². The van der Waals surface area contributed by atoms with E-state index in [1.807, 2.05) is 17.9 Å². The van der Waals surface area contributed by atoms with E-state index in [1.54, 1.807) is 0 Å². The van der Waals surface area contributed by atoms with E-state index in [4.69, 9.17) is 4.98 Å². The highest BCUT2D eigenvalue weighted by Gasteiger charge is 2.45. The second-order valence-electron chi connectivity index (χ2n) is 7.98. The highest BCUT2D eigenvalue weighted by atomic mass is 16.2. The van der Waals surface area contributed by atoms with E-state index in [1.165, 1.54) is 25.7 Å². The van der Waals surface area contributed by atoms with Crippen LogP contribution in [0.15, 0.2) is 6.07 Å². The molecule has 2 aromatic rings. The van der Waals surface area contributed by atoms with E-state index < -0.39 is 0 Å². The second-order valence-corrected chi connectivity index (χ2v) is 7.98. The summed E-state index contributed by atoms with van der Waals surface area (Å²) in [6.45, 7) is 3.55. The van der Waals surface area contributed by atoms with Gasteiger partial charge in [0.15, 0.2) is 5.82 Å². The van der Waals surface area contributed by atoms with E-state index in [-0.39, 0.29) is 5.91 Å². The SMILES string of the molecule is Cc1cc(CC(=O)N2C[C@H](c3nc(C4CC4)n[nH]3)[C@@H](C3CC3)C2)n[nH]1. The van der Waals surface area contributed by atoms with E-state index in [0.717, 1.165) is 42.0 Å². The molecular formula is C18H24N6O. The monoisotopic (exact) mass is 340 g/mol. The predicted octanol–water partition coefficient (Wildman–Crippen LogP) is 1.91. The van der Waals surface area contributed by atoms with Crippen LogP contribution in [0.2, 0.25) is 0 Å². The molecule has 0 aromatic carbocycles. The average Bonchev–Trinajstić information content (AvgIpc) is 3.49. The Kier molecular flexibility index (Phi) is 3.43. The van der Waals surface area contributed by atoms with Gasteiger partial charge in [-0.25, -0.2) is 4.98 Å². The van der Waals surface area contributed by atoms with Gasteiger partial charge in [0, 0.05) is 30.6 Å². The molecule has 2 saturated carbocycles. The third kappa shape index (κ3) is 2.96. The maximum Gasteiger partial charge on any atom is 0.228 e. The van der Waals surface area contributed by atoms with Crippen molar-refractivity contribution in [2.24, 2.45) is 11.8 Å². The van der Waals surface area contributed by atoms with Crippen LogP contribution in [0.5, 0.6) is 0 Å². The summed E-state index contributed by atoms with van der Waals surface area (Å²) in [4.78, 5) is 19.5. The van der Waals surface area contributed by atoms with Crippen LogP contribution in [0, 0.1) is 18.8 Å². The summed E-state index contributed by atoms with van der Waals surface area (Å²) in [7, 11) is 0. The normalized spacial score (nSPS) is 26.4. The molecule has 1 saturated heterocycles. The molecule has 1 amide bonds. The lowest BCUT2D eigenvalue weighted by Gasteiger charge is -2.15. The van der Waals surface area contributed by atoms with E-state index in [9.17, 15) is 4.79 Å². The molecule has 0 radical (unpaired) electrons. The Morgan fingerprint density at radius 2 is 2.04 bits per heavy atom. The largest absolute Gasteiger partial charge is 0.341 e. The molecule has 0 unspecified atom stereocenters. The number of hydrogen-bond donors (Lipinski definition) is 2. The van der Waals surface area contributed by atoms with Crippen molar-refractivity contribution < 1.29 is 4.79 Å². The molecule has 3 aliphatic rings. The number of aryl methyl sites for hydroxylation is 1. The Hall–Kier alpha value is -2.18. The fraction of sp³-hybridized carbons (Fsp3) is 0.667. The van der Waals surface area contributed by atoms with Crippen molar-refractivity contribution in [3.63, 3.8) is 0 Å². The Balaban J connectivity index is 1.31. The second kappa shape index (κ2) is 5.68. The molecule has 2 aromatic heterocycles. The molecule has 5 rings (SSSR count). The van der Waals surface area contributed by atoms with E-state index in [2.05, 4.69) is 20.4 Å². The molecule has 2 atom stereocenters. The van der Waals surface area contributed by atoms with Crippen LogP contribution in [0.3, 0.4) is 0 Å². The fourth-order valence-electron chi connectivity index (χ4n) is 4.13. The van der Waals surface area contributed by atoms with E-state index in [0.29, 0.717) is 24.2 Å². The summed E-state index contributed by atoms with van der Waals surface area (Å²) in [5.74, 6) is 4.26. The minimum Gasteiger partial charge on any atom is -0.341 e. The van der Waals surface area contributed by atoms with Crippen LogP contribution in [0.4, 0.5) is 0 Å². The Morgan fingerprint density at radius 1 is 1.20 bits per heavy atom. The lowest BCUT2D eigenvalue weighted by molar-refractivity contribution is -0.129. The molecule has 2 N–H and O–H groups in total. The van der Waals surface area contributed by atoms with Crippen molar-refractivity contribution in [1.29, 1.82) is 0 Å². The van der Waals surface area contributed by atoms with Gasteiger partial charge in [0.1, 0.15) is 5.82 Å². The van der Waals surface area contributed by atoms with Crippen LogP contribution >= 0.6 is 0 Å². The molecule has 3 fully saturated rings. The standard InChI is InChI=1S/C18H24N6O/c1-10-6-13(21-20-10)7-16(25)24-8-14(11-2-3-11)15(9-24)18-19-17(22-23-18)12-4-5-12/h6,11-12,14-15H,2-5,7-9H2,1H3,(H,20,21)(H,19,22,23)/t14-,15+/m1/s1. The molecule has 132 valence electrons. The van der Waals surface area contributed by atoms with Crippen molar-refractivity contribution in [2.75, 3.05) is 13.1 Å². The Bertz CT molecular complexity index is 787. The fourth-order valence-corrected chi connectivity index (χ4v) is 4.13. The molecule has 0 spiro atoms. The van der Waals surface area contributed by atoms with Crippen molar-refractivity contribution in [3.05, 3.63) is 29.1 Å². The highest BCUT2D eigenvalue weighted by molar-refractivity contribution is 5.78. The van der Waals surface area contributed by atoms with Gasteiger partial charge < -0.3 is 4.90 Å². The zero-order chi connectivity index (χ0) is 17.0. The number of amides is 1. The molecular weight excluding hydrogens is 316 g/mol. The summed E-state index contributed by atoms with van der Waals surface area (Å²) in [5, 5.41) is 14.7. The molecule has 2 aliphatic carbocycles. The molecule has 25 heavy (non-hydrogen) atoms. The Morgan fingerprint density at radius 3 is 2.72 bits per heavy atom. The topological polar surface area (TPSA) is 90.6 Å². The number of hydrogen-bond acceptors (Lipinski definition) is 4. The summed E-state index contributed by atoms with van der Waals surface area (Å²) >= 11 is 0. The minimum absolute atomic E-state index is 0.168. The number of carbonyl (C=O) groups excluding carboxylic acids is 1. The highest BCUT2D eigenvalue weighted by Crippen LogP contribution is 2.47. The van der Waals surface area contributed by atoms with Gasteiger partial charge in [0.25, 0.3) is 0 Å². The number of aromatic nitrogens is 5. The third-order valence-corrected chi connectivity index (χ3v) is 5.85. The first-order valence-corrected chi connectivity index (χ1v) is 9.38. The van der Waals surface area contributed by atoms with Gasteiger partial charge in [-0.15, -0.1) is 0 Å². The molecule has 0 bridgehead atoms. The van der Waals surface area contributed by atoms with Gasteiger partial charge in [-0.3, -0.25) is 15.0 Å². The number of H-pyrrole nitrogens is 2.